The second kappa shape index (κ2) is 16.3. The second-order valence-corrected chi connectivity index (χ2v) is 0.868. The molecule has 0 amide bonds. The lowest BCUT2D eigenvalue weighted by Gasteiger charge is -1.52. The molecule has 0 unspecified atom stereocenters. The molecule has 0 heterocycles. The van der Waals surface area contributed by atoms with Crippen LogP contribution in [0.3, 0.4) is 0 Å². The van der Waals surface area contributed by atoms with Crippen molar-refractivity contribution >= 4 is 0 Å². The van der Waals surface area contributed by atoms with Crippen molar-refractivity contribution in [2.45, 2.75) is 7.43 Å². The molecule has 0 saturated heterocycles. The van der Waals surface area contributed by atoms with Crippen LogP contribution in [0.2, 0.25) is 0 Å². The van der Waals surface area contributed by atoms with Gasteiger partial charge in [0.1, 0.15) is 0 Å². The van der Waals surface area contributed by atoms with Crippen molar-refractivity contribution in [2.24, 2.45) is 0 Å². The molecule has 0 aliphatic rings. The van der Waals surface area contributed by atoms with Crippen LogP contribution in [0.1, 0.15) is 7.43 Å². The Labute approximate surface area is 71.6 Å². The first kappa shape index (κ1) is 22.4. The van der Waals surface area contributed by atoms with Gasteiger partial charge in [-0.25, -0.2) is 31.2 Å². The molecule has 0 bridgehead atoms. The van der Waals surface area contributed by atoms with Crippen LogP contribution in [0.25, 0.3) is 0 Å². The molecule has 13 heavy (non-hydrogen) atoms. The summed E-state index contributed by atoms with van der Waals surface area (Å²) in [4.78, 5) is 0. The molecule has 12 heteroatoms. The van der Waals surface area contributed by atoms with Gasteiger partial charge in [-0.2, -0.15) is 0 Å². The van der Waals surface area contributed by atoms with Crippen LogP contribution < -0.4 is 0 Å². The van der Waals surface area contributed by atoms with E-state index in [1.54, 1.807) is 0 Å². The zero-order valence-corrected chi connectivity index (χ0v) is 5.52. The van der Waals surface area contributed by atoms with Gasteiger partial charge in [-0.3, -0.25) is 0 Å². The van der Waals surface area contributed by atoms with Crippen LogP contribution in [0.5, 0.6) is 0 Å². The number of rotatable bonds is 0. The van der Waals surface area contributed by atoms with E-state index in [0.717, 1.165) is 0 Å². The van der Waals surface area contributed by atoms with E-state index in [1.165, 1.54) is 0 Å². The lowest BCUT2D eigenvalue weighted by Crippen LogP contribution is -1.86. The first-order valence-electron chi connectivity index (χ1n) is 1.87. The zero-order valence-electron chi connectivity index (χ0n) is 5.52. The molecule has 0 atom stereocenters. The molecule has 0 aromatic rings. The van der Waals surface area contributed by atoms with Gasteiger partial charge in [0.15, 0.2) is 0 Å². The largest absolute Gasteiger partial charge is 0.326 e. The molecule has 0 spiro atoms. The van der Waals surface area contributed by atoms with Crippen LogP contribution in [-0.4, -0.2) is 46.3 Å². The normalized spacial score (nSPS) is 5.54. The minimum absolute atomic E-state index is 0. The molecule has 80 valence electrons. The molecule has 0 fully saturated rings. The third kappa shape index (κ3) is 96.3. The maximum atomic E-state index is 7.11. The predicted molar refractivity (Wildman–Crippen MR) is 26.4 cm³/mol. The quantitative estimate of drug-likeness (QED) is 0.197. The van der Waals surface area contributed by atoms with Crippen molar-refractivity contribution < 1.29 is 46.3 Å². The van der Waals surface area contributed by atoms with Gasteiger partial charge in [0.25, 0.3) is 0 Å². The minimum Gasteiger partial charge on any atom is -0.221 e. The van der Waals surface area contributed by atoms with Gasteiger partial charge in [0.2, 0.25) is 0 Å². The number of nitrogens with one attached hydrogen (secondary N) is 3. The van der Waals surface area contributed by atoms with E-state index in [1.807, 2.05) is 0 Å². The Morgan fingerprint density at radius 1 is 0.538 bits per heavy atom. The fourth-order valence-electron chi connectivity index (χ4n) is 0. The maximum Gasteiger partial charge on any atom is 0.326 e. The molecule has 12 nitrogen and oxygen atoms in total. The Morgan fingerprint density at radius 2 is 0.538 bits per heavy atom. The van der Waals surface area contributed by atoms with Crippen LogP contribution in [-0.2, 0) is 0 Å². The van der Waals surface area contributed by atoms with Crippen LogP contribution in [0, 0.1) is 16.6 Å². The summed E-state index contributed by atoms with van der Waals surface area (Å²) in [5.74, 6) is 0. The van der Waals surface area contributed by atoms with E-state index in [2.05, 4.69) is 0 Å². The summed E-state index contributed by atoms with van der Waals surface area (Å²) in [7, 11) is 0. The van der Waals surface area contributed by atoms with Crippen molar-refractivity contribution in [2.75, 3.05) is 0 Å². The average molecular weight is 205 g/mol. The van der Waals surface area contributed by atoms with E-state index < -0.39 is 15.1 Å². The SMILES string of the molecule is C.N=[N+](O)O.N=[N+](O)O.N=[N+](O)O. The highest BCUT2D eigenvalue weighted by atomic mass is 16.8. The smallest absolute Gasteiger partial charge is 0.221 e. The van der Waals surface area contributed by atoms with Gasteiger partial charge < -0.3 is 0 Å². The van der Waals surface area contributed by atoms with E-state index >= 15 is 0 Å². The van der Waals surface area contributed by atoms with E-state index in [4.69, 9.17) is 47.8 Å². The molecule has 9 N–H and O–H groups in total. The predicted octanol–water partition coefficient (Wildman–Crippen LogP) is 0.0609. The Hall–Kier alpha value is -2.40. The molecule has 0 aromatic heterocycles. The van der Waals surface area contributed by atoms with Crippen molar-refractivity contribution in [1.29, 1.82) is 16.6 Å². The van der Waals surface area contributed by atoms with Gasteiger partial charge in [-0.15, -0.1) is 0 Å². The number of hydrogen-bond acceptors (Lipinski definition) is 3. The van der Waals surface area contributed by atoms with Crippen molar-refractivity contribution in [3.8, 4) is 0 Å². The van der Waals surface area contributed by atoms with Crippen LogP contribution in [0.15, 0.2) is 0 Å². The summed E-state index contributed by atoms with van der Waals surface area (Å²) in [6.07, 6.45) is 0. The summed E-state index contributed by atoms with van der Waals surface area (Å²) in [6, 6.07) is 0. The lowest BCUT2D eigenvalue weighted by atomic mass is 12.0. The monoisotopic (exact) mass is 205 g/mol. The maximum absolute atomic E-state index is 7.11. The molecule has 0 aliphatic carbocycles. The van der Waals surface area contributed by atoms with Gasteiger partial charge in [0, 0.05) is 16.6 Å². The Morgan fingerprint density at radius 3 is 0.538 bits per heavy atom. The summed E-state index contributed by atoms with van der Waals surface area (Å²) in [6.45, 7) is 0. The summed E-state index contributed by atoms with van der Waals surface area (Å²) < 4.78 is 0. The van der Waals surface area contributed by atoms with Gasteiger partial charge in [-0.05, 0) is 0 Å². The molecule has 0 aliphatic heterocycles. The lowest BCUT2D eigenvalue weighted by molar-refractivity contribution is -1.01. The summed E-state index contributed by atoms with van der Waals surface area (Å²) >= 11 is 0. The van der Waals surface area contributed by atoms with Gasteiger partial charge >= 0.3 is 15.1 Å². The molecular formula is CH13N6O6+3. The van der Waals surface area contributed by atoms with Gasteiger partial charge in [-0.1, -0.05) is 7.43 Å². The highest BCUT2D eigenvalue weighted by Crippen LogP contribution is 1.32. The first-order chi connectivity index (χ1) is 5.20. The third-order valence-electron chi connectivity index (χ3n) is 0. The standard InChI is InChI=1S/CH4.3H3N2O2/c;3*1-2(3)4/h1H4;3*(H3,1,3,4)/q;3*+1. The molecule has 0 radical (unpaired) electrons. The summed E-state index contributed by atoms with van der Waals surface area (Å²) in [5.41, 5.74) is 16.6. The Kier molecular flexibility index (Phi) is 28.1. The van der Waals surface area contributed by atoms with E-state index in [-0.39, 0.29) is 7.43 Å². The Bertz CT molecular complexity index is 115. The van der Waals surface area contributed by atoms with Gasteiger partial charge in [0.05, 0.1) is 0 Å². The average Bonchev–Trinajstić information content (AvgIpc) is 1.54. The van der Waals surface area contributed by atoms with Crippen LogP contribution in [0.4, 0.5) is 0 Å². The first-order valence-corrected chi connectivity index (χ1v) is 1.87. The zero-order chi connectivity index (χ0) is 10.7. The fourth-order valence-corrected chi connectivity index (χ4v) is 0. The molecule has 0 saturated carbocycles. The topological polar surface area (TPSA) is 202 Å². The van der Waals surface area contributed by atoms with Crippen LogP contribution >= 0.6 is 0 Å². The fraction of sp³-hybridized carbons (Fsp3) is 1.00. The number of hydrogen-bond donors (Lipinski definition) is 9. The minimum atomic E-state index is -0.750. The van der Waals surface area contributed by atoms with E-state index in [0.29, 0.717) is 0 Å². The third-order valence-corrected chi connectivity index (χ3v) is 0. The highest BCUT2D eigenvalue weighted by molar-refractivity contribution is 2.50. The molecule has 0 rings (SSSR count). The van der Waals surface area contributed by atoms with E-state index in [9.17, 15) is 0 Å². The summed E-state index contributed by atoms with van der Waals surface area (Å²) in [5, 5.41) is 40.4. The van der Waals surface area contributed by atoms with Crippen molar-refractivity contribution in [3.63, 3.8) is 0 Å². The second-order valence-electron chi connectivity index (χ2n) is 0.868. The molecular weight excluding hydrogens is 192 g/mol. The van der Waals surface area contributed by atoms with Crippen molar-refractivity contribution in [1.82, 2.24) is 0 Å². The highest BCUT2D eigenvalue weighted by Gasteiger charge is 1.69. The van der Waals surface area contributed by atoms with Crippen molar-refractivity contribution in [3.05, 3.63) is 0 Å². The Balaban J connectivity index is -0.0000000450. The molecule has 0 aromatic carbocycles. The number of nitrogens with zero attached hydrogens (tertiary/aromatic N) is 3.